The number of hydrogen-bond acceptors (Lipinski definition) is 2. The molecule has 0 saturated heterocycles. The number of fused-ring (bicyclic) bond motifs is 1. The van der Waals surface area contributed by atoms with Crippen molar-refractivity contribution in [2.75, 3.05) is 7.05 Å². The molecule has 0 amide bonds. The van der Waals surface area contributed by atoms with E-state index in [1.54, 1.807) is 0 Å². The maximum Gasteiger partial charge on any atom is 0.133 e. The summed E-state index contributed by atoms with van der Waals surface area (Å²) in [7, 11) is 4.00. The second kappa shape index (κ2) is 2.85. The third-order valence-corrected chi connectivity index (χ3v) is 3.11. The highest BCUT2D eigenvalue weighted by Gasteiger charge is 2.27. The first-order chi connectivity index (χ1) is 5.74. The summed E-state index contributed by atoms with van der Waals surface area (Å²) in [4.78, 5) is 0. The maximum absolute atomic E-state index is 4.32. The first-order valence-electron chi connectivity index (χ1n) is 4.12. The first kappa shape index (κ1) is 8.26. The highest BCUT2D eigenvalue weighted by atomic mass is 79.9. The van der Waals surface area contributed by atoms with Crippen molar-refractivity contribution < 1.29 is 0 Å². The largest absolute Gasteiger partial charge is 0.313 e. The van der Waals surface area contributed by atoms with Gasteiger partial charge in [-0.05, 0) is 35.8 Å². The summed E-state index contributed by atoms with van der Waals surface area (Å²) in [5.74, 6) is 0. The van der Waals surface area contributed by atoms with E-state index < -0.39 is 0 Å². The third-order valence-electron chi connectivity index (χ3n) is 2.53. The summed E-state index contributed by atoms with van der Waals surface area (Å²) in [5, 5.41) is 7.62. The van der Waals surface area contributed by atoms with Crippen molar-refractivity contribution in [3.05, 3.63) is 15.9 Å². The van der Waals surface area contributed by atoms with E-state index in [9.17, 15) is 0 Å². The topological polar surface area (TPSA) is 29.9 Å². The number of rotatable bonds is 1. The van der Waals surface area contributed by atoms with Gasteiger partial charge in [0, 0.05) is 24.3 Å². The number of nitrogens with zero attached hydrogens (tertiary/aromatic N) is 2. The predicted octanol–water partition coefficient (Wildman–Crippen LogP) is 1.39. The smallest absolute Gasteiger partial charge is 0.133 e. The summed E-state index contributed by atoms with van der Waals surface area (Å²) < 4.78 is 2.97. The van der Waals surface area contributed by atoms with Crippen molar-refractivity contribution in [3.63, 3.8) is 0 Å². The number of nitrogens with one attached hydrogen (secondary N) is 1. The Morgan fingerprint density at radius 1 is 1.67 bits per heavy atom. The van der Waals surface area contributed by atoms with Crippen molar-refractivity contribution in [1.82, 2.24) is 15.1 Å². The van der Waals surface area contributed by atoms with Crippen LogP contribution in [0.1, 0.15) is 23.7 Å². The normalized spacial score (nSPS) is 21.4. The van der Waals surface area contributed by atoms with Crippen molar-refractivity contribution >= 4 is 15.9 Å². The van der Waals surface area contributed by atoms with Gasteiger partial charge in [0.2, 0.25) is 0 Å². The first-order valence-corrected chi connectivity index (χ1v) is 4.92. The van der Waals surface area contributed by atoms with Crippen molar-refractivity contribution in [2.24, 2.45) is 7.05 Å². The van der Waals surface area contributed by atoms with E-state index in [1.165, 1.54) is 17.7 Å². The monoisotopic (exact) mass is 229 g/mol. The number of aromatic nitrogens is 2. The fraction of sp³-hybridized carbons (Fsp3) is 0.625. The van der Waals surface area contributed by atoms with Gasteiger partial charge in [0.25, 0.3) is 0 Å². The molecule has 0 aliphatic heterocycles. The van der Waals surface area contributed by atoms with Crippen LogP contribution in [0, 0.1) is 0 Å². The molecular formula is C8H12BrN3. The Morgan fingerprint density at radius 2 is 2.42 bits per heavy atom. The molecular weight excluding hydrogens is 218 g/mol. The van der Waals surface area contributed by atoms with Gasteiger partial charge >= 0.3 is 0 Å². The standard InChI is InChI=1S/C8H12BrN3/c1-10-5-3-4-6-7(5)8(9)11-12(6)2/h5,10H,3-4H2,1-2H3. The molecule has 12 heavy (non-hydrogen) atoms. The van der Waals surface area contributed by atoms with Crippen molar-refractivity contribution in [1.29, 1.82) is 0 Å². The molecule has 2 rings (SSSR count). The highest BCUT2D eigenvalue weighted by molar-refractivity contribution is 9.10. The van der Waals surface area contributed by atoms with Gasteiger partial charge in [-0.2, -0.15) is 5.10 Å². The minimum Gasteiger partial charge on any atom is -0.313 e. The second-order valence-electron chi connectivity index (χ2n) is 3.15. The van der Waals surface area contributed by atoms with Gasteiger partial charge in [-0.3, -0.25) is 4.68 Å². The third kappa shape index (κ3) is 1.02. The lowest BCUT2D eigenvalue weighted by atomic mass is 10.2. The molecule has 1 heterocycles. The molecule has 0 fully saturated rings. The quantitative estimate of drug-likeness (QED) is 0.790. The van der Waals surface area contributed by atoms with Crippen LogP contribution in [-0.4, -0.2) is 16.8 Å². The summed E-state index contributed by atoms with van der Waals surface area (Å²) in [6.45, 7) is 0. The lowest BCUT2D eigenvalue weighted by Gasteiger charge is -2.06. The van der Waals surface area contributed by atoms with E-state index in [0.717, 1.165) is 11.0 Å². The van der Waals surface area contributed by atoms with Gasteiger partial charge in [-0.1, -0.05) is 0 Å². The van der Waals surface area contributed by atoms with Gasteiger partial charge in [0.15, 0.2) is 0 Å². The predicted molar refractivity (Wildman–Crippen MR) is 51.0 cm³/mol. The van der Waals surface area contributed by atoms with E-state index >= 15 is 0 Å². The SMILES string of the molecule is CNC1CCc2c1c(Br)nn2C. The minimum absolute atomic E-state index is 0.489. The van der Waals surface area contributed by atoms with Gasteiger partial charge in [0.1, 0.15) is 4.60 Å². The molecule has 0 saturated carbocycles. The maximum atomic E-state index is 4.32. The minimum atomic E-state index is 0.489. The summed E-state index contributed by atoms with van der Waals surface area (Å²) in [6, 6.07) is 0.489. The summed E-state index contributed by atoms with van der Waals surface area (Å²) >= 11 is 3.48. The molecule has 0 bridgehead atoms. The Hall–Kier alpha value is -0.350. The van der Waals surface area contributed by atoms with E-state index in [2.05, 4.69) is 26.3 Å². The van der Waals surface area contributed by atoms with E-state index in [-0.39, 0.29) is 0 Å². The Morgan fingerprint density at radius 3 is 3.08 bits per heavy atom. The van der Waals surface area contributed by atoms with Crippen molar-refractivity contribution in [2.45, 2.75) is 18.9 Å². The molecule has 1 aliphatic carbocycles. The van der Waals surface area contributed by atoms with Crippen LogP contribution in [-0.2, 0) is 13.5 Å². The zero-order valence-electron chi connectivity index (χ0n) is 7.26. The molecule has 66 valence electrons. The van der Waals surface area contributed by atoms with Crippen molar-refractivity contribution in [3.8, 4) is 0 Å². The van der Waals surface area contributed by atoms with Crippen LogP contribution >= 0.6 is 15.9 Å². The highest BCUT2D eigenvalue weighted by Crippen LogP contribution is 2.35. The molecule has 1 aromatic heterocycles. The number of aryl methyl sites for hydroxylation is 1. The van der Waals surface area contributed by atoms with Gasteiger partial charge in [-0.15, -0.1) is 0 Å². The molecule has 1 aliphatic rings. The summed E-state index contributed by atoms with van der Waals surface area (Å²) in [5.41, 5.74) is 2.71. The van der Waals surface area contributed by atoms with E-state index in [1.807, 2.05) is 18.8 Å². The van der Waals surface area contributed by atoms with Gasteiger partial charge < -0.3 is 5.32 Å². The molecule has 4 heteroatoms. The second-order valence-corrected chi connectivity index (χ2v) is 3.91. The zero-order chi connectivity index (χ0) is 8.72. The molecule has 1 unspecified atom stereocenters. The van der Waals surface area contributed by atoms with Crippen LogP contribution in [0.5, 0.6) is 0 Å². The molecule has 3 nitrogen and oxygen atoms in total. The zero-order valence-corrected chi connectivity index (χ0v) is 8.85. The molecule has 0 aromatic carbocycles. The molecule has 1 atom stereocenters. The Bertz CT molecular complexity index is 305. The summed E-state index contributed by atoms with van der Waals surface area (Å²) in [6.07, 6.45) is 2.33. The number of hydrogen-bond donors (Lipinski definition) is 1. The Balaban J connectivity index is 2.49. The Kier molecular flexibility index (Phi) is 1.96. The average molecular weight is 230 g/mol. The Labute approximate surface area is 80.3 Å². The molecule has 0 spiro atoms. The van der Waals surface area contributed by atoms with Crippen LogP contribution < -0.4 is 5.32 Å². The average Bonchev–Trinajstić information content (AvgIpc) is 2.55. The molecule has 1 aromatic rings. The fourth-order valence-corrected chi connectivity index (χ4v) is 2.64. The van der Waals surface area contributed by atoms with E-state index in [0.29, 0.717) is 6.04 Å². The molecule has 0 radical (unpaired) electrons. The lowest BCUT2D eigenvalue weighted by molar-refractivity contribution is 0.578. The van der Waals surface area contributed by atoms with Crippen LogP contribution in [0.4, 0.5) is 0 Å². The van der Waals surface area contributed by atoms with Crippen LogP contribution in [0.25, 0.3) is 0 Å². The fourth-order valence-electron chi connectivity index (χ4n) is 1.89. The van der Waals surface area contributed by atoms with Gasteiger partial charge in [0.05, 0.1) is 0 Å². The lowest BCUT2D eigenvalue weighted by Crippen LogP contribution is -2.12. The molecule has 1 N–H and O–H groups in total. The van der Waals surface area contributed by atoms with Crippen LogP contribution in [0.3, 0.4) is 0 Å². The van der Waals surface area contributed by atoms with E-state index in [4.69, 9.17) is 0 Å². The number of halogens is 1. The van der Waals surface area contributed by atoms with Crippen LogP contribution in [0.15, 0.2) is 4.60 Å². The van der Waals surface area contributed by atoms with Crippen LogP contribution in [0.2, 0.25) is 0 Å². The van der Waals surface area contributed by atoms with Gasteiger partial charge in [-0.25, -0.2) is 0 Å².